The summed E-state index contributed by atoms with van der Waals surface area (Å²) in [5.74, 6) is 0.820. The second kappa shape index (κ2) is 8.37. The molecular formula is C24H27ClN4O3. The first kappa shape index (κ1) is 21.2. The Balaban J connectivity index is 1.48. The number of pyridine rings is 1. The van der Waals surface area contributed by atoms with Crippen LogP contribution in [0, 0.1) is 0 Å². The predicted molar refractivity (Wildman–Crippen MR) is 121 cm³/mol. The molecule has 2 aromatic rings. The Morgan fingerprint density at radius 3 is 2.69 bits per heavy atom. The summed E-state index contributed by atoms with van der Waals surface area (Å²) in [5, 5.41) is 0.647. The van der Waals surface area contributed by atoms with Crippen LogP contribution in [-0.2, 0) is 20.9 Å². The molecule has 32 heavy (non-hydrogen) atoms. The first-order chi connectivity index (χ1) is 15.5. The molecule has 0 aliphatic carbocycles. The van der Waals surface area contributed by atoms with Gasteiger partial charge in [0.05, 0.1) is 25.3 Å². The number of anilines is 1. The number of amides is 2. The maximum Gasteiger partial charge on any atom is 0.251 e. The zero-order valence-electron chi connectivity index (χ0n) is 18.1. The SMILES string of the molecule is CC1CC(N2CC(=O)N(Cc3ccc(Cl)cc3)C3(CCN(c4ccccn4)C3)C2=O)CO1. The average molecular weight is 455 g/mol. The van der Waals surface area contributed by atoms with Crippen molar-refractivity contribution in [1.29, 1.82) is 0 Å². The maximum absolute atomic E-state index is 14.0. The number of ether oxygens (including phenoxy) is 1. The smallest absolute Gasteiger partial charge is 0.251 e. The third-order valence-electron chi connectivity index (χ3n) is 6.88. The van der Waals surface area contributed by atoms with Gasteiger partial charge in [0, 0.05) is 24.3 Å². The van der Waals surface area contributed by atoms with E-state index < -0.39 is 5.54 Å². The van der Waals surface area contributed by atoms with Crippen molar-refractivity contribution in [2.24, 2.45) is 0 Å². The molecule has 3 aliphatic rings. The molecule has 4 heterocycles. The predicted octanol–water partition coefficient (Wildman–Crippen LogP) is 2.73. The van der Waals surface area contributed by atoms with E-state index in [1.165, 1.54) is 0 Å². The van der Waals surface area contributed by atoms with Gasteiger partial charge >= 0.3 is 0 Å². The summed E-state index contributed by atoms with van der Waals surface area (Å²) in [7, 11) is 0. The molecule has 0 radical (unpaired) electrons. The number of benzene rings is 1. The largest absolute Gasteiger partial charge is 0.376 e. The second-order valence-electron chi connectivity index (χ2n) is 8.96. The van der Waals surface area contributed by atoms with Crippen LogP contribution in [0.1, 0.15) is 25.3 Å². The fourth-order valence-corrected chi connectivity index (χ4v) is 5.29. The second-order valence-corrected chi connectivity index (χ2v) is 9.40. The van der Waals surface area contributed by atoms with Crippen molar-refractivity contribution in [3.8, 4) is 0 Å². The molecule has 7 nitrogen and oxygen atoms in total. The lowest BCUT2D eigenvalue weighted by Gasteiger charge is -2.48. The molecule has 1 aromatic heterocycles. The van der Waals surface area contributed by atoms with Crippen LogP contribution in [0.15, 0.2) is 48.7 Å². The first-order valence-corrected chi connectivity index (χ1v) is 11.5. The molecule has 3 aliphatic heterocycles. The first-order valence-electron chi connectivity index (χ1n) is 11.1. The third kappa shape index (κ3) is 3.73. The van der Waals surface area contributed by atoms with Crippen LogP contribution < -0.4 is 4.90 Å². The van der Waals surface area contributed by atoms with Crippen LogP contribution in [-0.4, -0.2) is 70.5 Å². The normalized spacial score (nSPS) is 28.2. The Hall–Kier alpha value is -2.64. The van der Waals surface area contributed by atoms with Crippen LogP contribution in [0.2, 0.25) is 5.02 Å². The molecule has 3 fully saturated rings. The fourth-order valence-electron chi connectivity index (χ4n) is 5.17. The minimum atomic E-state index is -0.918. The monoisotopic (exact) mass is 454 g/mol. The van der Waals surface area contributed by atoms with Gasteiger partial charge in [-0.2, -0.15) is 0 Å². The minimum Gasteiger partial charge on any atom is -0.376 e. The molecule has 2 amide bonds. The number of carbonyl (C=O) groups is 2. The van der Waals surface area contributed by atoms with Gasteiger partial charge in [0.25, 0.3) is 5.91 Å². The number of rotatable bonds is 4. The van der Waals surface area contributed by atoms with Crippen LogP contribution in [0.3, 0.4) is 0 Å². The number of hydrogen-bond donors (Lipinski definition) is 0. The summed E-state index contributed by atoms with van der Waals surface area (Å²) in [6.07, 6.45) is 3.18. The van der Waals surface area contributed by atoms with Gasteiger partial charge in [-0.05, 0) is 49.6 Å². The third-order valence-corrected chi connectivity index (χ3v) is 7.13. The topological polar surface area (TPSA) is 66.0 Å². The lowest BCUT2D eigenvalue weighted by atomic mass is 9.89. The van der Waals surface area contributed by atoms with Crippen molar-refractivity contribution in [3.05, 3.63) is 59.2 Å². The van der Waals surface area contributed by atoms with Crippen molar-refractivity contribution >= 4 is 29.2 Å². The van der Waals surface area contributed by atoms with E-state index in [1.807, 2.05) is 49.4 Å². The van der Waals surface area contributed by atoms with Crippen LogP contribution in [0.4, 0.5) is 5.82 Å². The molecule has 1 spiro atoms. The minimum absolute atomic E-state index is 0.0206. The molecule has 3 unspecified atom stereocenters. The summed E-state index contributed by atoms with van der Waals surface area (Å²) in [5.41, 5.74) is 0.0377. The van der Waals surface area contributed by atoms with Gasteiger partial charge in [-0.3, -0.25) is 9.59 Å². The van der Waals surface area contributed by atoms with E-state index in [1.54, 1.807) is 16.0 Å². The molecule has 3 saturated heterocycles. The van der Waals surface area contributed by atoms with Gasteiger partial charge in [0.1, 0.15) is 17.9 Å². The lowest BCUT2D eigenvalue weighted by molar-refractivity contribution is -0.166. The van der Waals surface area contributed by atoms with Gasteiger partial charge < -0.3 is 19.4 Å². The molecule has 8 heteroatoms. The Morgan fingerprint density at radius 1 is 1.19 bits per heavy atom. The number of aromatic nitrogens is 1. The Labute approximate surface area is 192 Å². The highest BCUT2D eigenvalue weighted by atomic mass is 35.5. The highest BCUT2D eigenvalue weighted by molar-refractivity contribution is 6.30. The number of halogens is 1. The highest BCUT2D eigenvalue weighted by Crippen LogP contribution is 2.38. The van der Waals surface area contributed by atoms with Crippen molar-refractivity contribution in [2.75, 3.05) is 31.1 Å². The molecule has 168 valence electrons. The Morgan fingerprint density at radius 2 is 2.00 bits per heavy atom. The standard InChI is InChI=1S/C24H27ClN4O3/c1-17-12-20(15-32-17)28-14-22(30)29(13-18-5-7-19(25)8-6-18)24(23(28)31)9-11-27(16-24)21-4-2-3-10-26-21/h2-8,10,17,20H,9,11-16H2,1H3. The lowest BCUT2D eigenvalue weighted by Crippen LogP contribution is -2.70. The molecule has 3 atom stereocenters. The van der Waals surface area contributed by atoms with Crippen molar-refractivity contribution in [3.63, 3.8) is 0 Å². The van der Waals surface area contributed by atoms with Crippen molar-refractivity contribution in [1.82, 2.24) is 14.8 Å². The number of nitrogens with zero attached hydrogens (tertiary/aromatic N) is 4. The number of carbonyl (C=O) groups excluding carboxylic acids is 2. The molecule has 5 rings (SSSR count). The van der Waals surface area contributed by atoms with Crippen molar-refractivity contribution in [2.45, 2.75) is 44.0 Å². The van der Waals surface area contributed by atoms with E-state index >= 15 is 0 Å². The van der Waals surface area contributed by atoms with E-state index in [4.69, 9.17) is 16.3 Å². The highest BCUT2D eigenvalue weighted by Gasteiger charge is 2.57. The van der Waals surface area contributed by atoms with E-state index in [2.05, 4.69) is 9.88 Å². The van der Waals surface area contributed by atoms with Gasteiger partial charge in [-0.25, -0.2) is 4.98 Å². The van der Waals surface area contributed by atoms with Gasteiger partial charge in [0.15, 0.2) is 0 Å². The van der Waals surface area contributed by atoms with Crippen molar-refractivity contribution < 1.29 is 14.3 Å². The zero-order valence-corrected chi connectivity index (χ0v) is 18.9. The number of piperazine rings is 1. The Bertz CT molecular complexity index is 1000. The number of hydrogen-bond acceptors (Lipinski definition) is 5. The summed E-state index contributed by atoms with van der Waals surface area (Å²) in [6.45, 7) is 4.07. The van der Waals surface area contributed by atoms with Crippen LogP contribution in [0.25, 0.3) is 0 Å². The quantitative estimate of drug-likeness (QED) is 0.710. The summed E-state index contributed by atoms with van der Waals surface area (Å²) in [4.78, 5) is 37.7. The fraction of sp³-hybridized carbons (Fsp3) is 0.458. The van der Waals surface area contributed by atoms with E-state index in [-0.39, 0.29) is 30.5 Å². The van der Waals surface area contributed by atoms with Gasteiger partial charge in [-0.15, -0.1) is 0 Å². The average Bonchev–Trinajstić information content (AvgIpc) is 3.44. The molecule has 0 saturated carbocycles. The summed E-state index contributed by atoms with van der Waals surface area (Å²) >= 11 is 6.05. The summed E-state index contributed by atoms with van der Waals surface area (Å²) in [6, 6.07) is 13.2. The maximum atomic E-state index is 14.0. The van der Waals surface area contributed by atoms with Gasteiger partial charge in [-0.1, -0.05) is 29.8 Å². The zero-order chi connectivity index (χ0) is 22.3. The molecular weight excluding hydrogens is 428 g/mol. The van der Waals surface area contributed by atoms with E-state index in [0.717, 1.165) is 17.8 Å². The molecule has 0 N–H and O–H groups in total. The van der Waals surface area contributed by atoms with Gasteiger partial charge in [0.2, 0.25) is 5.91 Å². The molecule has 1 aromatic carbocycles. The van der Waals surface area contributed by atoms with E-state index in [9.17, 15) is 9.59 Å². The van der Waals surface area contributed by atoms with E-state index in [0.29, 0.717) is 37.7 Å². The molecule has 0 bridgehead atoms. The van der Waals surface area contributed by atoms with Crippen LogP contribution in [0.5, 0.6) is 0 Å². The van der Waals surface area contributed by atoms with Crippen LogP contribution >= 0.6 is 11.6 Å². The summed E-state index contributed by atoms with van der Waals surface area (Å²) < 4.78 is 5.73. The Kier molecular flexibility index (Phi) is 5.55.